The molecule has 0 spiro atoms. The fraction of sp³-hybridized carbons (Fsp3) is 0.179. The Morgan fingerprint density at radius 3 is 2.31 bits per heavy atom. The molecule has 10 nitrogen and oxygen atoms in total. The molecule has 0 aliphatic rings. The number of hydrogen-bond donors (Lipinski definition) is 1. The van der Waals surface area contributed by atoms with E-state index in [1.54, 1.807) is 45.4 Å². The van der Waals surface area contributed by atoms with Gasteiger partial charge < -0.3 is 14.2 Å². The van der Waals surface area contributed by atoms with E-state index in [9.17, 15) is 9.59 Å². The van der Waals surface area contributed by atoms with Crippen LogP contribution in [0.25, 0.3) is 17.1 Å². The summed E-state index contributed by atoms with van der Waals surface area (Å²) in [5.74, 6) is 1.59. The van der Waals surface area contributed by atoms with Crippen LogP contribution in [0.2, 0.25) is 0 Å². The number of thioether (sulfide) groups is 1. The highest BCUT2D eigenvalue weighted by Crippen LogP contribution is 2.34. The number of aromatic nitrogens is 3. The summed E-state index contributed by atoms with van der Waals surface area (Å²) in [4.78, 5) is 23.7. The lowest BCUT2D eigenvalue weighted by molar-refractivity contribution is -0.131. The number of carbonyl (C=O) groups excluding carboxylic acids is 2. The van der Waals surface area contributed by atoms with E-state index >= 15 is 0 Å². The number of nitrogens with one attached hydrogen (secondary N) is 1. The number of benzene rings is 3. The minimum absolute atomic E-state index is 0.0685. The number of methoxy groups -OCH3 is 2. The Bertz CT molecular complexity index is 1490. The van der Waals surface area contributed by atoms with Crippen molar-refractivity contribution in [3.63, 3.8) is 0 Å². The Hall–Kier alpha value is -4.64. The highest BCUT2D eigenvalue weighted by Gasteiger charge is 2.19. The van der Waals surface area contributed by atoms with Gasteiger partial charge in [-0.1, -0.05) is 30.0 Å². The van der Waals surface area contributed by atoms with E-state index in [0.717, 1.165) is 16.8 Å². The van der Waals surface area contributed by atoms with E-state index in [4.69, 9.17) is 14.2 Å². The van der Waals surface area contributed by atoms with E-state index in [-0.39, 0.29) is 11.7 Å². The van der Waals surface area contributed by atoms with E-state index in [2.05, 4.69) is 20.7 Å². The van der Waals surface area contributed by atoms with Crippen LogP contribution in [0.4, 0.5) is 0 Å². The minimum Gasteiger partial charge on any atom is -0.493 e. The molecule has 1 heterocycles. The Morgan fingerprint density at radius 1 is 0.923 bits per heavy atom. The van der Waals surface area contributed by atoms with Crippen LogP contribution in [-0.2, 0) is 9.59 Å². The molecule has 0 saturated carbocycles. The monoisotopic (exact) mass is 545 g/mol. The third-order valence-corrected chi connectivity index (χ3v) is 6.43. The lowest BCUT2D eigenvalue weighted by Crippen LogP contribution is -2.21. The first-order valence-electron chi connectivity index (χ1n) is 11.9. The number of nitrogens with zero attached hydrogens (tertiary/aromatic N) is 4. The van der Waals surface area contributed by atoms with E-state index in [0.29, 0.717) is 33.9 Å². The van der Waals surface area contributed by atoms with Crippen LogP contribution < -0.4 is 19.6 Å². The first kappa shape index (κ1) is 27.4. The van der Waals surface area contributed by atoms with Crippen molar-refractivity contribution in [2.45, 2.75) is 19.0 Å². The summed E-state index contributed by atoms with van der Waals surface area (Å²) in [6.45, 7) is 3.11. The van der Waals surface area contributed by atoms with Gasteiger partial charge in [-0.05, 0) is 67.1 Å². The SMILES string of the molecule is COc1ccc(-c2nnc(SCC(=O)NN=C(C)c3ccc(OC(C)=O)cc3)n2-c2ccccc2)cc1OC. The molecule has 0 saturated heterocycles. The third kappa shape index (κ3) is 6.82. The molecule has 0 radical (unpaired) electrons. The third-order valence-electron chi connectivity index (χ3n) is 5.50. The van der Waals surface area contributed by atoms with Crippen molar-refractivity contribution in [3.8, 4) is 34.3 Å². The lowest BCUT2D eigenvalue weighted by Gasteiger charge is -2.12. The number of para-hydroxylation sites is 1. The summed E-state index contributed by atoms with van der Waals surface area (Å²) < 4.78 is 17.7. The Kier molecular flexibility index (Phi) is 8.95. The molecule has 11 heteroatoms. The zero-order chi connectivity index (χ0) is 27.8. The van der Waals surface area contributed by atoms with Crippen molar-refractivity contribution < 1.29 is 23.8 Å². The van der Waals surface area contributed by atoms with Gasteiger partial charge in [0.2, 0.25) is 0 Å². The molecule has 0 unspecified atom stereocenters. The second-order valence-corrected chi connectivity index (χ2v) is 9.13. The number of esters is 1. The molecular formula is C28H27N5O5S. The van der Waals surface area contributed by atoms with Gasteiger partial charge in [-0.3, -0.25) is 14.2 Å². The summed E-state index contributed by atoms with van der Waals surface area (Å²) in [5.41, 5.74) is 5.59. The van der Waals surface area contributed by atoms with Gasteiger partial charge in [0.25, 0.3) is 5.91 Å². The number of rotatable bonds is 10. The first-order valence-corrected chi connectivity index (χ1v) is 12.9. The predicted molar refractivity (Wildman–Crippen MR) is 149 cm³/mol. The van der Waals surface area contributed by atoms with Gasteiger partial charge in [0.15, 0.2) is 22.5 Å². The van der Waals surface area contributed by atoms with Crippen molar-refractivity contribution in [1.82, 2.24) is 20.2 Å². The standard InChI is InChI=1S/C28H27N5O5S/c1-18(20-10-13-23(14-11-20)38-19(2)34)29-30-26(35)17-39-28-32-31-27(33(28)22-8-6-5-7-9-22)21-12-15-24(36-3)25(16-21)37-4/h5-16H,17H2,1-4H3,(H,30,35). The molecule has 0 bridgehead atoms. The average Bonchev–Trinajstić information content (AvgIpc) is 3.39. The number of hydrogen-bond acceptors (Lipinski definition) is 9. The molecule has 200 valence electrons. The predicted octanol–water partition coefficient (Wildman–Crippen LogP) is 4.51. The van der Waals surface area contributed by atoms with E-state index in [1.807, 2.05) is 53.1 Å². The second kappa shape index (κ2) is 12.7. The Labute approximate surface area is 230 Å². The Morgan fingerprint density at radius 2 is 1.64 bits per heavy atom. The quantitative estimate of drug-likeness (QED) is 0.102. The molecule has 1 aromatic heterocycles. The number of hydrazone groups is 1. The van der Waals surface area contributed by atoms with Crippen LogP contribution >= 0.6 is 11.8 Å². The van der Waals surface area contributed by atoms with Gasteiger partial charge in [0, 0.05) is 18.2 Å². The molecule has 0 aliphatic carbocycles. The molecule has 4 rings (SSSR count). The van der Waals surface area contributed by atoms with E-state index < -0.39 is 5.97 Å². The van der Waals surface area contributed by atoms with Crippen molar-refractivity contribution in [1.29, 1.82) is 0 Å². The van der Waals surface area contributed by atoms with Gasteiger partial charge in [-0.2, -0.15) is 5.10 Å². The van der Waals surface area contributed by atoms with Crippen LogP contribution in [0.3, 0.4) is 0 Å². The van der Waals surface area contributed by atoms with Crippen molar-refractivity contribution in [2.24, 2.45) is 5.10 Å². The van der Waals surface area contributed by atoms with Crippen LogP contribution in [0, 0.1) is 0 Å². The van der Waals surface area contributed by atoms with Crippen LogP contribution in [-0.4, -0.2) is 52.3 Å². The number of carbonyl (C=O) groups is 2. The van der Waals surface area contributed by atoms with Crippen LogP contribution in [0.5, 0.6) is 17.2 Å². The number of amides is 1. The van der Waals surface area contributed by atoms with Crippen LogP contribution in [0.1, 0.15) is 19.4 Å². The Balaban J connectivity index is 1.50. The normalized spacial score (nSPS) is 11.1. The molecule has 1 N–H and O–H groups in total. The smallest absolute Gasteiger partial charge is 0.308 e. The molecule has 39 heavy (non-hydrogen) atoms. The molecule has 0 atom stereocenters. The zero-order valence-corrected chi connectivity index (χ0v) is 22.7. The maximum absolute atomic E-state index is 12.6. The fourth-order valence-electron chi connectivity index (χ4n) is 3.64. The number of ether oxygens (including phenoxy) is 3. The minimum atomic E-state index is -0.392. The fourth-order valence-corrected chi connectivity index (χ4v) is 4.38. The highest BCUT2D eigenvalue weighted by molar-refractivity contribution is 7.99. The summed E-state index contributed by atoms with van der Waals surface area (Å²) >= 11 is 1.24. The maximum Gasteiger partial charge on any atom is 0.308 e. The molecule has 4 aromatic rings. The summed E-state index contributed by atoms with van der Waals surface area (Å²) in [5, 5.41) is 13.5. The van der Waals surface area contributed by atoms with Gasteiger partial charge in [0.05, 0.1) is 25.7 Å². The second-order valence-electron chi connectivity index (χ2n) is 8.19. The highest BCUT2D eigenvalue weighted by atomic mass is 32.2. The van der Waals surface area contributed by atoms with Gasteiger partial charge >= 0.3 is 5.97 Å². The van der Waals surface area contributed by atoms with Crippen molar-refractivity contribution in [2.75, 3.05) is 20.0 Å². The topological polar surface area (TPSA) is 117 Å². The van der Waals surface area contributed by atoms with Gasteiger partial charge in [-0.25, -0.2) is 5.43 Å². The van der Waals surface area contributed by atoms with E-state index in [1.165, 1.54) is 18.7 Å². The molecule has 3 aromatic carbocycles. The van der Waals surface area contributed by atoms with Crippen molar-refractivity contribution in [3.05, 3.63) is 78.4 Å². The average molecular weight is 546 g/mol. The summed E-state index contributed by atoms with van der Waals surface area (Å²) in [7, 11) is 3.16. The van der Waals surface area contributed by atoms with Gasteiger partial charge in [-0.15, -0.1) is 10.2 Å². The summed E-state index contributed by atoms with van der Waals surface area (Å²) in [6, 6.07) is 22.0. The molecule has 0 aliphatic heterocycles. The lowest BCUT2D eigenvalue weighted by atomic mass is 10.1. The van der Waals surface area contributed by atoms with Crippen molar-refractivity contribution >= 4 is 29.4 Å². The zero-order valence-electron chi connectivity index (χ0n) is 21.9. The largest absolute Gasteiger partial charge is 0.493 e. The maximum atomic E-state index is 12.6. The summed E-state index contributed by atoms with van der Waals surface area (Å²) in [6.07, 6.45) is 0. The molecule has 0 fully saturated rings. The first-order chi connectivity index (χ1) is 18.9. The van der Waals surface area contributed by atoms with Crippen LogP contribution in [0.15, 0.2) is 83.1 Å². The molecular weight excluding hydrogens is 518 g/mol. The van der Waals surface area contributed by atoms with Gasteiger partial charge in [0.1, 0.15) is 5.75 Å². The molecule has 1 amide bonds.